The Kier molecular flexibility index (Phi) is 4.69. The predicted molar refractivity (Wildman–Crippen MR) is 72.3 cm³/mol. The van der Waals surface area contributed by atoms with Gasteiger partial charge in [-0.2, -0.15) is 0 Å². The molecule has 5 nitrogen and oxygen atoms in total. The Labute approximate surface area is 103 Å². The van der Waals surface area contributed by atoms with Gasteiger partial charge in [0, 0.05) is 18.2 Å². The molecule has 0 atom stereocenters. The average Bonchev–Trinajstić information content (AvgIpc) is 2.15. The summed E-state index contributed by atoms with van der Waals surface area (Å²) in [4.78, 5) is 8.69. The van der Waals surface area contributed by atoms with Crippen molar-refractivity contribution in [3.63, 3.8) is 0 Å². The molecule has 0 aromatic carbocycles. The summed E-state index contributed by atoms with van der Waals surface area (Å²) in [6.45, 7) is 9.67. The molecule has 0 bridgehead atoms. The van der Waals surface area contributed by atoms with Crippen molar-refractivity contribution in [3.05, 3.63) is 11.9 Å². The van der Waals surface area contributed by atoms with Crippen molar-refractivity contribution in [1.82, 2.24) is 9.97 Å². The van der Waals surface area contributed by atoms with Crippen molar-refractivity contribution in [2.75, 3.05) is 23.7 Å². The van der Waals surface area contributed by atoms with Gasteiger partial charge in [-0.25, -0.2) is 9.97 Å². The van der Waals surface area contributed by atoms with Crippen LogP contribution in [0.25, 0.3) is 0 Å². The number of nitrogens with two attached hydrogens (primary N) is 1. The number of rotatable bonds is 6. The molecule has 17 heavy (non-hydrogen) atoms. The lowest BCUT2D eigenvalue weighted by molar-refractivity contribution is 0.524. The quantitative estimate of drug-likeness (QED) is 0.703. The molecule has 0 aliphatic carbocycles. The maximum atomic E-state index is 5.59. The smallest absolute Gasteiger partial charge is 0.132 e. The van der Waals surface area contributed by atoms with E-state index < -0.39 is 0 Å². The molecule has 0 fully saturated rings. The van der Waals surface area contributed by atoms with Gasteiger partial charge in [-0.15, -0.1) is 0 Å². The van der Waals surface area contributed by atoms with E-state index in [1.807, 2.05) is 19.9 Å². The normalized spacial score (nSPS) is 11.4. The second-order valence-electron chi connectivity index (χ2n) is 4.76. The van der Waals surface area contributed by atoms with Gasteiger partial charge in [0.2, 0.25) is 0 Å². The maximum Gasteiger partial charge on any atom is 0.132 e. The van der Waals surface area contributed by atoms with E-state index in [4.69, 9.17) is 5.73 Å². The van der Waals surface area contributed by atoms with E-state index in [0.717, 1.165) is 30.4 Å². The topological polar surface area (TPSA) is 75.9 Å². The number of anilines is 2. The van der Waals surface area contributed by atoms with Crippen molar-refractivity contribution in [2.24, 2.45) is 5.73 Å². The number of nitrogens with zero attached hydrogens (tertiary/aromatic N) is 2. The number of hydrogen-bond donors (Lipinski definition) is 3. The molecule has 4 N–H and O–H groups in total. The minimum Gasteiger partial charge on any atom is -0.370 e. The van der Waals surface area contributed by atoms with Crippen molar-refractivity contribution >= 4 is 11.6 Å². The highest BCUT2D eigenvalue weighted by Gasteiger charge is 2.17. The van der Waals surface area contributed by atoms with Gasteiger partial charge in [0.25, 0.3) is 0 Å². The molecule has 0 aliphatic heterocycles. The van der Waals surface area contributed by atoms with Crippen molar-refractivity contribution < 1.29 is 0 Å². The van der Waals surface area contributed by atoms with Gasteiger partial charge in [0.15, 0.2) is 0 Å². The summed E-state index contributed by atoms with van der Waals surface area (Å²) in [5.74, 6) is 2.45. The highest BCUT2D eigenvalue weighted by Crippen LogP contribution is 2.18. The van der Waals surface area contributed by atoms with Crippen LogP contribution < -0.4 is 16.4 Å². The molecule has 96 valence electrons. The zero-order valence-electron chi connectivity index (χ0n) is 11.2. The molecule has 0 saturated carbocycles. The zero-order chi connectivity index (χ0) is 12.9. The number of aryl methyl sites for hydroxylation is 1. The maximum absolute atomic E-state index is 5.59. The number of nitrogens with one attached hydrogen (secondary N) is 2. The molecule has 5 heteroatoms. The lowest BCUT2D eigenvalue weighted by Crippen LogP contribution is -2.33. The Morgan fingerprint density at radius 2 is 1.94 bits per heavy atom. The zero-order valence-corrected chi connectivity index (χ0v) is 11.2. The molecule has 0 radical (unpaired) electrons. The summed E-state index contributed by atoms with van der Waals surface area (Å²) in [5.41, 5.74) is 5.53. The minimum absolute atomic E-state index is 0.0565. The predicted octanol–water partition coefficient (Wildman–Crippen LogP) is 1.76. The largest absolute Gasteiger partial charge is 0.370 e. The molecule has 1 aromatic rings. The van der Waals surface area contributed by atoms with Crippen LogP contribution in [0.4, 0.5) is 11.6 Å². The Morgan fingerprint density at radius 1 is 1.29 bits per heavy atom. The van der Waals surface area contributed by atoms with Crippen LogP contribution >= 0.6 is 0 Å². The fourth-order valence-corrected chi connectivity index (χ4v) is 1.67. The standard InChI is InChI=1S/C12H23N5/c1-5-14-10-8-11(16-9(2)15-10)17-12(3,4)6-7-13/h8H,5-7,13H2,1-4H3,(H2,14,15,16,17). The van der Waals surface area contributed by atoms with E-state index in [1.54, 1.807) is 0 Å². The Balaban J connectivity index is 2.83. The van der Waals surface area contributed by atoms with E-state index >= 15 is 0 Å². The second-order valence-corrected chi connectivity index (χ2v) is 4.76. The van der Waals surface area contributed by atoms with Crippen molar-refractivity contribution in [1.29, 1.82) is 0 Å². The summed E-state index contributed by atoms with van der Waals surface area (Å²) < 4.78 is 0. The van der Waals surface area contributed by atoms with Gasteiger partial charge in [-0.3, -0.25) is 0 Å². The van der Waals surface area contributed by atoms with E-state index in [-0.39, 0.29) is 5.54 Å². The van der Waals surface area contributed by atoms with E-state index in [2.05, 4.69) is 34.4 Å². The SMILES string of the molecule is CCNc1cc(NC(C)(C)CCN)nc(C)n1. The van der Waals surface area contributed by atoms with Crippen LogP contribution in [-0.4, -0.2) is 28.6 Å². The molecule has 1 aromatic heterocycles. The van der Waals surface area contributed by atoms with Gasteiger partial charge < -0.3 is 16.4 Å². The van der Waals surface area contributed by atoms with Crippen LogP contribution in [0.2, 0.25) is 0 Å². The minimum atomic E-state index is -0.0565. The van der Waals surface area contributed by atoms with Crippen LogP contribution in [-0.2, 0) is 0 Å². The van der Waals surface area contributed by atoms with Gasteiger partial charge in [-0.1, -0.05) is 0 Å². The fraction of sp³-hybridized carbons (Fsp3) is 0.667. The summed E-state index contributed by atoms with van der Waals surface area (Å²) in [6.07, 6.45) is 0.895. The fourth-order valence-electron chi connectivity index (χ4n) is 1.67. The van der Waals surface area contributed by atoms with Gasteiger partial charge in [0.1, 0.15) is 17.5 Å². The highest BCUT2D eigenvalue weighted by atomic mass is 15.1. The third-order valence-corrected chi connectivity index (χ3v) is 2.43. The van der Waals surface area contributed by atoms with E-state index in [9.17, 15) is 0 Å². The van der Waals surface area contributed by atoms with Crippen LogP contribution in [0.5, 0.6) is 0 Å². The lowest BCUT2D eigenvalue weighted by Gasteiger charge is -2.26. The third kappa shape index (κ3) is 4.56. The van der Waals surface area contributed by atoms with E-state index in [1.165, 1.54) is 0 Å². The number of hydrogen-bond acceptors (Lipinski definition) is 5. The summed E-state index contributed by atoms with van der Waals surface area (Å²) in [6, 6.07) is 1.93. The first-order valence-electron chi connectivity index (χ1n) is 6.04. The van der Waals surface area contributed by atoms with Crippen LogP contribution in [0.3, 0.4) is 0 Å². The van der Waals surface area contributed by atoms with Gasteiger partial charge in [0.05, 0.1) is 0 Å². The molecular formula is C12H23N5. The first-order chi connectivity index (χ1) is 7.96. The number of aromatic nitrogens is 2. The van der Waals surface area contributed by atoms with Crippen LogP contribution in [0.15, 0.2) is 6.07 Å². The first kappa shape index (κ1) is 13.7. The lowest BCUT2D eigenvalue weighted by atomic mass is 10.0. The summed E-state index contributed by atoms with van der Waals surface area (Å²) in [7, 11) is 0. The Morgan fingerprint density at radius 3 is 2.53 bits per heavy atom. The monoisotopic (exact) mass is 237 g/mol. The van der Waals surface area contributed by atoms with Gasteiger partial charge in [-0.05, 0) is 40.7 Å². The van der Waals surface area contributed by atoms with Gasteiger partial charge >= 0.3 is 0 Å². The van der Waals surface area contributed by atoms with Crippen molar-refractivity contribution in [2.45, 2.75) is 39.7 Å². The average molecular weight is 237 g/mol. The third-order valence-electron chi connectivity index (χ3n) is 2.43. The molecule has 0 saturated heterocycles. The van der Waals surface area contributed by atoms with E-state index in [0.29, 0.717) is 6.54 Å². The molecule has 0 unspecified atom stereocenters. The molecule has 0 aliphatic rings. The second kappa shape index (κ2) is 5.82. The molecule has 1 heterocycles. The van der Waals surface area contributed by atoms with Crippen molar-refractivity contribution in [3.8, 4) is 0 Å². The Hall–Kier alpha value is -1.36. The Bertz CT molecular complexity index is 362. The molecular weight excluding hydrogens is 214 g/mol. The summed E-state index contributed by atoms with van der Waals surface area (Å²) >= 11 is 0. The molecule has 0 amide bonds. The molecule has 0 spiro atoms. The highest BCUT2D eigenvalue weighted by molar-refractivity contribution is 5.48. The molecule has 1 rings (SSSR count). The van der Waals surface area contributed by atoms with Crippen LogP contribution in [0, 0.1) is 6.92 Å². The van der Waals surface area contributed by atoms with Crippen LogP contribution in [0.1, 0.15) is 33.0 Å². The summed E-state index contributed by atoms with van der Waals surface area (Å²) in [5, 5.41) is 6.58. The first-order valence-corrected chi connectivity index (χ1v) is 6.04.